The van der Waals surface area contributed by atoms with Gasteiger partial charge in [0.05, 0.1) is 14.2 Å². The molecule has 0 aliphatic heterocycles. The molecule has 0 bridgehead atoms. The zero-order valence-corrected chi connectivity index (χ0v) is 19.1. The van der Waals surface area contributed by atoms with Crippen LogP contribution in [0, 0.1) is 0 Å². The second kappa shape index (κ2) is 16.2. The molecule has 0 saturated carbocycles. The highest BCUT2D eigenvalue weighted by Crippen LogP contribution is 2.23. The van der Waals surface area contributed by atoms with Crippen LogP contribution in [0.15, 0.2) is 85.5 Å². The first-order valence-electron chi connectivity index (χ1n) is 11.8. The van der Waals surface area contributed by atoms with Crippen molar-refractivity contribution >= 4 is 13.4 Å². The summed E-state index contributed by atoms with van der Waals surface area (Å²) in [6.45, 7) is 3.40. The first-order valence-corrected chi connectivity index (χ1v) is 11.8. The van der Waals surface area contributed by atoms with E-state index < -0.39 is 0 Å². The molecule has 0 N–H and O–H groups in total. The van der Waals surface area contributed by atoms with Crippen LogP contribution in [0.3, 0.4) is 0 Å². The fourth-order valence-corrected chi connectivity index (χ4v) is 3.60. The third-order valence-electron chi connectivity index (χ3n) is 5.32. The van der Waals surface area contributed by atoms with Gasteiger partial charge in [-0.25, -0.2) is 4.98 Å². The number of aromatic nitrogens is 2. The Labute approximate surface area is 190 Å². The summed E-state index contributed by atoms with van der Waals surface area (Å²) in [5.41, 5.74) is 3.61. The lowest BCUT2D eigenvalue weighted by molar-refractivity contribution is 0.543. The maximum absolute atomic E-state index is 5.63. The van der Waals surface area contributed by atoms with Crippen LogP contribution in [0.5, 0.6) is 0 Å². The molecule has 0 aliphatic rings. The van der Waals surface area contributed by atoms with Gasteiger partial charge in [-0.05, 0) is 23.1 Å². The maximum Gasteiger partial charge on any atom is 0.0945 e. The molecule has 3 aromatic rings. The molecular weight excluding hydrogens is 375 g/mol. The lowest BCUT2D eigenvalue weighted by atomic mass is 9.93. The molecule has 0 aliphatic carbocycles. The summed E-state index contributed by atoms with van der Waals surface area (Å²) >= 11 is 0. The van der Waals surface area contributed by atoms with E-state index in [1.165, 1.54) is 68.1 Å². The van der Waals surface area contributed by atoms with Crippen LogP contribution in [0.25, 0.3) is 5.57 Å². The highest BCUT2D eigenvalue weighted by Gasteiger charge is 2.02. The van der Waals surface area contributed by atoms with Crippen molar-refractivity contribution in [2.45, 2.75) is 71.2 Å². The number of imidazole rings is 1. The molecule has 3 heteroatoms. The van der Waals surface area contributed by atoms with Crippen molar-refractivity contribution in [3.63, 3.8) is 0 Å². The summed E-state index contributed by atoms with van der Waals surface area (Å²) in [4.78, 5) is 4.03. The molecular formula is C28H37BN2. The maximum atomic E-state index is 5.63. The molecule has 2 radical (unpaired) electrons. The van der Waals surface area contributed by atoms with E-state index in [1.54, 1.807) is 0 Å². The fourth-order valence-electron chi connectivity index (χ4n) is 3.60. The molecule has 3 rings (SSSR count). The normalized spacial score (nSPS) is 10.2. The molecule has 0 fully saturated rings. The number of nitrogens with zero attached hydrogens (tertiary/aromatic N) is 2. The second-order valence-corrected chi connectivity index (χ2v) is 7.86. The van der Waals surface area contributed by atoms with Gasteiger partial charge in [0.15, 0.2) is 0 Å². The van der Waals surface area contributed by atoms with Gasteiger partial charge in [-0.3, -0.25) is 0 Å². The average Bonchev–Trinajstić information content (AvgIpc) is 3.34. The predicted molar refractivity (Wildman–Crippen MR) is 135 cm³/mol. The molecule has 0 atom stereocenters. The number of hydrogen-bond donors (Lipinski definition) is 0. The Kier molecular flexibility index (Phi) is 12.9. The van der Waals surface area contributed by atoms with Gasteiger partial charge in [-0.1, -0.05) is 125 Å². The van der Waals surface area contributed by atoms with E-state index in [0.717, 1.165) is 6.54 Å². The van der Waals surface area contributed by atoms with E-state index in [9.17, 15) is 0 Å². The zero-order valence-electron chi connectivity index (χ0n) is 19.1. The number of aryl methyl sites for hydroxylation is 1. The molecule has 2 aromatic carbocycles. The van der Waals surface area contributed by atoms with E-state index in [4.69, 9.17) is 7.85 Å². The summed E-state index contributed by atoms with van der Waals surface area (Å²) in [5.74, 6) is 0. The molecule has 1 heterocycles. The molecule has 0 amide bonds. The number of allylic oxidation sites excluding steroid dienone is 1. The Morgan fingerprint density at radius 2 is 1.35 bits per heavy atom. The van der Waals surface area contributed by atoms with Crippen LogP contribution in [0.2, 0.25) is 6.32 Å². The van der Waals surface area contributed by atoms with Crippen molar-refractivity contribution in [2.75, 3.05) is 0 Å². The Morgan fingerprint density at radius 3 is 1.84 bits per heavy atom. The fraction of sp³-hybridized carbons (Fsp3) is 0.393. The minimum Gasteiger partial charge on any atom is -0.337 e. The monoisotopic (exact) mass is 412 g/mol. The van der Waals surface area contributed by atoms with Gasteiger partial charge in [-0.2, -0.15) is 0 Å². The third kappa shape index (κ3) is 10.4. The molecule has 1 aromatic heterocycles. The summed E-state index contributed by atoms with van der Waals surface area (Å²) in [6.07, 6.45) is 19.5. The number of unbranched alkanes of at least 4 members (excludes halogenated alkanes) is 7. The van der Waals surface area contributed by atoms with Crippen molar-refractivity contribution in [3.05, 3.63) is 96.6 Å². The van der Waals surface area contributed by atoms with E-state index in [2.05, 4.69) is 46.8 Å². The molecule has 0 unspecified atom stereocenters. The third-order valence-corrected chi connectivity index (χ3v) is 5.32. The first kappa shape index (κ1) is 24.7. The molecule has 31 heavy (non-hydrogen) atoms. The molecule has 2 nitrogen and oxygen atoms in total. The predicted octanol–water partition coefficient (Wildman–Crippen LogP) is 7.73. The topological polar surface area (TPSA) is 17.8 Å². The molecule has 162 valence electrons. The van der Waals surface area contributed by atoms with E-state index >= 15 is 0 Å². The van der Waals surface area contributed by atoms with Gasteiger partial charge in [0.2, 0.25) is 0 Å². The van der Waals surface area contributed by atoms with Crippen molar-refractivity contribution in [2.24, 2.45) is 0 Å². The van der Waals surface area contributed by atoms with Crippen molar-refractivity contribution in [3.8, 4) is 0 Å². The van der Waals surface area contributed by atoms with Crippen LogP contribution in [0.1, 0.15) is 69.4 Å². The van der Waals surface area contributed by atoms with Gasteiger partial charge >= 0.3 is 0 Å². The number of benzene rings is 2. The van der Waals surface area contributed by atoms with Gasteiger partial charge < -0.3 is 4.57 Å². The van der Waals surface area contributed by atoms with E-state index in [1.807, 2.05) is 55.1 Å². The zero-order chi connectivity index (χ0) is 22.0. The minimum atomic E-state index is 0.555. The summed E-state index contributed by atoms with van der Waals surface area (Å²) in [5, 5.41) is 0. The Hall–Kier alpha value is -2.55. The van der Waals surface area contributed by atoms with Crippen LogP contribution in [0.4, 0.5) is 0 Å². The van der Waals surface area contributed by atoms with Gasteiger partial charge in [0, 0.05) is 18.9 Å². The van der Waals surface area contributed by atoms with Crippen LogP contribution >= 0.6 is 0 Å². The molecule has 0 spiro atoms. The largest absolute Gasteiger partial charge is 0.337 e. The lowest BCUT2D eigenvalue weighted by Gasteiger charge is -2.07. The molecule has 0 saturated heterocycles. The lowest BCUT2D eigenvalue weighted by Crippen LogP contribution is -1.93. The van der Waals surface area contributed by atoms with Crippen molar-refractivity contribution in [1.82, 2.24) is 9.55 Å². The van der Waals surface area contributed by atoms with Crippen molar-refractivity contribution in [1.29, 1.82) is 0 Å². The van der Waals surface area contributed by atoms with Crippen molar-refractivity contribution < 1.29 is 0 Å². The van der Waals surface area contributed by atoms with Gasteiger partial charge in [-0.15, -0.1) is 0 Å². The van der Waals surface area contributed by atoms with Gasteiger partial charge in [0.1, 0.15) is 0 Å². The smallest absolute Gasteiger partial charge is 0.0945 e. The Balaban J connectivity index is 0.000000221. The van der Waals surface area contributed by atoms with Crippen LogP contribution in [-0.4, -0.2) is 17.4 Å². The number of rotatable bonds is 12. The quantitative estimate of drug-likeness (QED) is 0.220. The number of hydrogen-bond acceptors (Lipinski definition) is 1. The minimum absolute atomic E-state index is 0.555. The van der Waals surface area contributed by atoms with Gasteiger partial charge in [0.25, 0.3) is 0 Å². The second-order valence-electron chi connectivity index (χ2n) is 7.86. The Bertz CT molecular complexity index is 769. The average molecular weight is 412 g/mol. The first-order chi connectivity index (χ1) is 15.3. The summed E-state index contributed by atoms with van der Waals surface area (Å²) in [6, 6.07) is 20.6. The summed E-state index contributed by atoms with van der Waals surface area (Å²) < 4.78 is 2.16. The van der Waals surface area contributed by atoms with Crippen LogP contribution in [-0.2, 0) is 6.54 Å². The highest BCUT2D eigenvalue weighted by molar-refractivity contribution is 6.10. The standard InChI is InChI=1S/C15H13B.C13H24N2/c16-12-11-15(13-7-3-1-4-8-13)14-9-5-2-6-10-14;1-2-3-4-5-6-7-8-9-11-15-12-10-14-13-15/h1-11H,12H2;10,12-13H,2-9,11H2,1H3. The Morgan fingerprint density at radius 1 is 0.806 bits per heavy atom. The highest BCUT2D eigenvalue weighted by atomic mass is 15.0. The van der Waals surface area contributed by atoms with Crippen LogP contribution < -0.4 is 0 Å². The SMILES string of the molecule is CCCCCCCCCCn1ccnc1.[B]CC=C(c1ccccc1)c1ccccc1. The van der Waals surface area contributed by atoms with E-state index in [0.29, 0.717) is 6.32 Å². The van der Waals surface area contributed by atoms with E-state index in [-0.39, 0.29) is 0 Å². The summed E-state index contributed by atoms with van der Waals surface area (Å²) in [7, 11) is 5.63.